The second kappa shape index (κ2) is 4.86. The van der Waals surface area contributed by atoms with Crippen LogP contribution in [0, 0.1) is 6.92 Å². The molecule has 1 fully saturated rings. The summed E-state index contributed by atoms with van der Waals surface area (Å²) >= 11 is 1.61. The molecule has 1 N–H and O–H groups in total. The average Bonchev–Trinajstić information content (AvgIpc) is 2.77. The summed E-state index contributed by atoms with van der Waals surface area (Å²) in [6.07, 6.45) is 3.51. The van der Waals surface area contributed by atoms with Gasteiger partial charge in [0.1, 0.15) is 5.78 Å². The van der Waals surface area contributed by atoms with Crippen LogP contribution in [0.5, 0.6) is 0 Å². The molecule has 2 heterocycles. The van der Waals surface area contributed by atoms with Gasteiger partial charge in [-0.15, -0.1) is 11.3 Å². The Hall–Kier alpha value is -0.740. The molecule has 15 heavy (non-hydrogen) atoms. The minimum atomic E-state index is 0.305. The largest absolute Gasteiger partial charge is 0.314 e. The van der Waals surface area contributed by atoms with Crippen molar-refractivity contribution in [1.82, 2.24) is 10.3 Å². The SMILES string of the molecule is Cc1nc(CC(=O)CC2CCCN2)cs1. The maximum atomic E-state index is 11.7. The highest BCUT2D eigenvalue weighted by atomic mass is 32.1. The lowest BCUT2D eigenvalue weighted by Crippen LogP contribution is -2.25. The predicted octanol–water partition coefficient (Wildman–Crippen LogP) is 1.71. The van der Waals surface area contributed by atoms with Gasteiger partial charge >= 0.3 is 0 Å². The van der Waals surface area contributed by atoms with E-state index in [2.05, 4.69) is 10.3 Å². The fourth-order valence-electron chi connectivity index (χ4n) is 1.97. The van der Waals surface area contributed by atoms with Gasteiger partial charge in [-0.3, -0.25) is 4.79 Å². The van der Waals surface area contributed by atoms with Gasteiger partial charge in [0.2, 0.25) is 0 Å². The van der Waals surface area contributed by atoms with Gasteiger partial charge in [0.15, 0.2) is 0 Å². The van der Waals surface area contributed by atoms with Gasteiger partial charge in [0.25, 0.3) is 0 Å². The van der Waals surface area contributed by atoms with Gasteiger partial charge < -0.3 is 5.32 Å². The van der Waals surface area contributed by atoms with Crippen molar-refractivity contribution in [3.05, 3.63) is 16.1 Å². The van der Waals surface area contributed by atoms with Crippen molar-refractivity contribution in [3.63, 3.8) is 0 Å². The third-order valence-corrected chi connectivity index (χ3v) is 3.50. The summed E-state index contributed by atoms with van der Waals surface area (Å²) in [6.45, 7) is 3.03. The number of aryl methyl sites for hydroxylation is 1. The number of hydrogen-bond donors (Lipinski definition) is 1. The molecule has 0 radical (unpaired) electrons. The number of nitrogens with zero attached hydrogens (tertiary/aromatic N) is 1. The van der Waals surface area contributed by atoms with Crippen LogP contribution < -0.4 is 5.32 Å². The number of thiazole rings is 1. The van der Waals surface area contributed by atoms with Crippen LogP contribution in [0.3, 0.4) is 0 Å². The Morgan fingerprint density at radius 2 is 2.60 bits per heavy atom. The van der Waals surface area contributed by atoms with Gasteiger partial charge in [-0.1, -0.05) is 0 Å². The molecule has 1 aliphatic rings. The summed E-state index contributed by atoms with van der Waals surface area (Å²) in [4.78, 5) is 16.0. The highest BCUT2D eigenvalue weighted by Gasteiger charge is 2.18. The zero-order chi connectivity index (χ0) is 10.7. The average molecular weight is 224 g/mol. The second-order valence-electron chi connectivity index (χ2n) is 4.07. The van der Waals surface area contributed by atoms with E-state index in [1.165, 1.54) is 6.42 Å². The van der Waals surface area contributed by atoms with E-state index >= 15 is 0 Å². The molecule has 1 atom stereocenters. The Morgan fingerprint density at radius 1 is 1.73 bits per heavy atom. The fourth-order valence-corrected chi connectivity index (χ4v) is 2.58. The Morgan fingerprint density at radius 3 is 3.20 bits per heavy atom. The van der Waals surface area contributed by atoms with Gasteiger partial charge in [0, 0.05) is 24.3 Å². The van der Waals surface area contributed by atoms with E-state index < -0.39 is 0 Å². The molecule has 0 aromatic carbocycles. The lowest BCUT2D eigenvalue weighted by molar-refractivity contribution is -0.118. The first-order valence-electron chi connectivity index (χ1n) is 5.40. The highest BCUT2D eigenvalue weighted by molar-refractivity contribution is 7.09. The van der Waals surface area contributed by atoms with E-state index in [-0.39, 0.29) is 0 Å². The van der Waals surface area contributed by atoms with Crippen molar-refractivity contribution in [2.75, 3.05) is 6.54 Å². The topological polar surface area (TPSA) is 42.0 Å². The zero-order valence-electron chi connectivity index (χ0n) is 8.95. The van der Waals surface area contributed by atoms with Gasteiger partial charge in [0.05, 0.1) is 10.7 Å². The van der Waals surface area contributed by atoms with Crippen molar-refractivity contribution < 1.29 is 4.79 Å². The number of Topliss-reactive ketones (excluding diaryl/α,β-unsaturated/α-hetero) is 1. The molecule has 0 bridgehead atoms. The Labute approximate surface area is 93.9 Å². The van der Waals surface area contributed by atoms with Crippen molar-refractivity contribution in [3.8, 4) is 0 Å². The van der Waals surface area contributed by atoms with Crippen LogP contribution in [0.1, 0.15) is 30.0 Å². The molecule has 82 valence electrons. The number of carbonyl (C=O) groups excluding carboxylic acids is 1. The summed E-state index contributed by atoms with van der Waals surface area (Å²) in [6, 6.07) is 0.414. The number of hydrogen-bond acceptors (Lipinski definition) is 4. The monoisotopic (exact) mass is 224 g/mol. The van der Waals surface area contributed by atoms with Crippen molar-refractivity contribution in [2.45, 2.75) is 38.6 Å². The van der Waals surface area contributed by atoms with Crippen molar-refractivity contribution >= 4 is 17.1 Å². The minimum Gasteiger partial charge on any atom is -0.314 e. The molecule has 1 aliphatic heterocycles. The molecule has 1 unspecified atom stereocenters. The van der Waals surface area contributed by atoms with E-state index in [9.17, 15) is 4.79 Å². The van der Waals surface area contributed by atoms with Gasteiger partial charge in [-0.25, -0.2) is 4.98 Å². The Bertz CT molecular complexity index is 342. The highest BCUT2D eigenvalue weighted by Crippen LogP contribution is 2.13. The summed E-state index contributed by atoms with van der Waals surface area (Å²) in [5.74, 6) is 0.305. The molecule has 1 aromatic heterocycles. The molecule has 0 amide bonds. The summed E-state index contributed by atoms with van der Waals surface area (Å²) in [5.41, 5.74) is 0.931. The van der Waals surface area contributed by atoms with E-state index in [0.29, 0.717) is 24.7 Å². The molecule has 1 saturated heterocycles. The second-order valence-corrected chi connectivity index (χ2v) is 5.13. The molecular formula is C11H16N2OS. The number of aromatic nitrogens is 1. The van der Waals surface area contributed by atoms with E-state index in [0.717, 1.165) is 23.7 Å². The minimum absolute atomic E-state index is 0.305. The normalized spacial score (nSPS) is 20.7. The molecule has 0 spiro atoms. The molecule has 3 nitrogen and oxygen atoms in total. The van der Waals surface area contributed by atoms with Crippen LogP contribution in [0.4, 0.5) is 0 Å². The number of ketones is 1. The first-order chi connectivity index (χ1) is 7.24. The quantitative estimate of drug-likeness (QED) is 0.846. The first-order valence-corrected chi connectivity index (χ1v) is 6.28. The zero-order valence-corrected chi connectivity index (χ0v) is 9.77. The number of rotatable bonds is 4. The van der Waals surface area contributed by atoms with Crippen LogP contribution in [-0.2, 0) is 11.2 Å². The molecular weight excluding hydrogens is 208 g/mol. The maximum absolute atomic E-state index is 11.7. The van der Waals surface area contributed by atoms with Crippen molar-refractivity contribution in [1.29, 1.82) is 0 Å². The lowest BCUT2D eigenvalue weighted by Gasteiger charge is -2.07. The maximum Gasteiger partial charge on any atom is 0.140 e. The third kappa shape index (κ3) is 3.11. The van der Waals surface area contributed by atoms with Crippen LogP contribution in [0.2, 0.25) is 0 Å². The lowest BCUT2D eigenvalue weighted by atomic mass is 10.1. The number of carbonyl (C=O) groups is 1. The van der Waals surface area contributed by atoms with Crippen LogP contribution >= 0.6 is 11.3 Å². The van der Waals surface area contributed by atoms with E-state index in [4.69, 9.17) is 0 Å². The Kier molecular flexibility index (Phi) is 3.49. The fraction of sp³-hybridized carbons (Fsp3) is 0.636. The molecule has 0 aliphatic carbocycles. The first kappa shape index (κ1) is 10.8. The van der Waals surface area contributed by atoms with E-state index in [1.807, 2.05) is 12.3 Å². The van der Waals surface area contributed by atoms with Gasteiger partial charge in [-0.05, 0) is 26.3 Å². The molecule has 4 heteroatoms. The van der Waals surface area contributed by atoms with Gasteiger partial charge in [-0.2, -0.15) is 0 Å². The summed E-state index contributed by atoms with van der Waals surface area (Å²) in [7, 11) is 0. The van der Waals surface area contributed by atoms with Crippen molar-refractivity contribution in [2.24, 2.45) is 0 Å². The predicted molar refractivity (Wildman–Crippen MR) is 61.2 cm³/mol. The third-order valence-electron chi connectivity index (χ3n) is 2.68. The standard InChI is InChI=1S/C11H16N2OS/c1-8-13-10(7-15-8)6-11(14)5-9-3-2-4-12-9/h7,9,12H,2-6H2,1H3. The van der Waals surface area contributed by atoms with Crippen LogP contribution in [0.25, 0.3) is 0 Å². The smallest absolute Gasteiger partial charge is 0.140 e. The number of nitrogens with one attached hydrogen (secondary N) is 1. The Balaban J connectivity index is 1.81. The molecule has 1 aromatic rings. The molecule has 0 saturated carbocycles. The molecule has 2 rings (SSSR count). The van der Waals surface area contributed by atoms with Crippen LogP contribution in [0.15, 0.2) is 5.38 Å². The van der Waals surface area contributed by atoms with Crippen LogP contribution in [-0.4, -0.2) is 23.4 Å². The summed E-state index contributed by atoms with van der Waals surface area (Å²) < 4.78 is 0. The van der Waals surface area contributed by atoms with E-state index in [1.54, 1.807) is 11.3 Å². The summed E-state index contributed by atoms with van der Waals surface area (Å²) in [5, 5.41) is 6.36.